The van der Waals surface area contributed by atoms with Crippen molar-refractivity contribution in [1.82, 2.24) is 9.55 Å². The Balaban J connectivity index is 2.22. The Bertz CT molecular complexity index is 920. The standard InChI is InChI=1S/C13H19N6O7P/c1-3-24-27(23,12(14)21)25-6-9-8(17-18-15)4-10(26-9)19-5-7(2)11(20)16-13(19)22/h5,8-10H,3-4,6H2,1-2H3,(H2,14,21)(H,16,20,22). The van der Waals surface area contributed by atoms with Crippen molar-refractivity contribution in [2.75, 3.05) is 13.2 Å². The maximum absolute atomic E-state index is 12.2. The number of nitrogens with two attached hydrogens (primary N) is 1. The van der Waals surface area contributed by atoms with Crippen molar-refractivity contribution in [1.29, 1.82) is 0 Å². The van der Waals surface area contributed by atoms with Crippen LogP contribution in [0.5, 0.6) is 0 Å². The molecule has 3 N–H and O–H groups in total. The molecule has 1 aliphatic rings. The average molecular weight is 402 g/mol. The van der Waals surface area contributed by atoms with Crippen LogP contribution in [0.2, 0.25) is 0 Å². The highest BCUT2D eigenvalue weighted by Gasteiger charge is 2.40. The highest BCUT2D eigenvalue weighted by atomic mass is 31.2. The van der Waals surface area contributed by atoms with Gasteiger partial charge in [-0.25, -0.2) is 9.36 Å². The number of rotatable bonds is 8. The molecule has 1 aliphatic heterocycles. The minimum absolute atomic E-state index is 0.0693. The topological polar surface area (TPSA) is 191 Å². The number of nitrogens with zero attached hydrogens (tertiary/aromatic N) is 4. The van der Waals surface area contributed by atoms with Gasteiger partial charge in [0, 0.05) is 23.1 Å². The van der Waals surface area contributed by atoms with Crippen molar-refractivity contribution in [3.05, 3.63) is 43.0 Å². The number of carbonyl (C=O) groups is 1. The predicted molar refractivity (Wildman–Crippen MR) is 92.3 cm³/mol. The Morgan fingerprint density at radius 1 is 1.56 bits per heavy atom. The van der Waals surface area contributed by atoms with Crippen LogP contribution < -0.4 is 17.0 Å². The number of azide groups is 1. The van der Waals surface area contributed by atoms with Crippen LogP contribution in [0, 0.1) is 6.92 Å². The van der Waals surface area contributed by atoms with Gasteiger partial charge < -0.3 is 15.0 Å². The number of hydrogen-bond donors (Lipinski definition) is 2. The van der Waals surface area contributed by atoms with E-state index in [-0.39, 0.29) is 18.6 Å². The average Bonchev–Trinajstić information content (AvgIpc) is 2.99. The van der Waals surface area contributed by atoms with E-state index < -0.39 is 49.5 Å². The summed E-state index contributed by atoms with van der Waals surface area (Å²) in [5.41, 5.74) is 11.6. The summed E-state index contributed by atoms with van der Waals surface area (Å²) in [6.45, 7) is 2.53. The zero-order valence-electron chi connectivity index (χ0n) is 14.6. The van der Waals surface area contributed by atoms with Gasteiger partial charge in [-0.05, 0) is 19.4 Å². The molecular weight excluding hydrogens is 383 g/mol. The van der Waals surface area contributed by atoms with Crippen LogP contribution in [0.4, 0.5) is 4.79 Å². The molecule has 1 aromatic rings. The molecule has 0 bridgehead atoms. The van der Waals surface area contributed by atoms with Crippen molar-refractivity contribution < 1.29 is 23.1 Å². The predicted octanol–water partition coefficient (Wildman–Crippen LogP) is 1.14. The second-order valence-corrected chi connectivity index (χ2v) is 7.62. The number of nitrogens with one attached hydrogen (secondary N) is 1. The Morgan fingerprint density at radius 3 is 2.85 bits per heavy atom. The highest BCUT2D eigenvalue weighted by Crippen LogP contribution is 2.48. The number of primary amides is 1. The minimum Gasteiger partial charge on any atom is -0.359 e. The maximum atomic E-state index is 12.2. The van der Waals surface area contributed by atoms with E-state index in [1.165, 1.54) is 20.0 Å². The van der Waals surface area contributed by atoms with E-state index >= 15 is 0 Å². The minimum atomic E-state index is -4.20. The number of aryl methyl sites for hydroxylation is 1. The van der Waals surface area contributed by atoms with Crippen LogP contribution >= 0.6 is 7.60 Å². The first kappa shape index (κ1) is 20.9. The Hall–Kier alpha value is -2.43. The number of H-pyrrole nitrogens is 1. The molecule has 27 heavy (non-hydrogen) atoms. The molecule has 2 heterocycles. The molecular formula is C13H19N6O7P. The lowest BCUT2D eigenvalue weighted by molar-refractivity contribution is -0.0243. The van der Waals surface area contributed by atoms with Gasteiger partial charge in [-0.2, -0.15) is 0 Å². The van der Waals surface area contributed by atoms with Crippen molar-refractivity contribution in [3.8, 4) is 0 Å². The molecule has 4 atom stereocenters. The molecule has 0 spiro atoms. The summed E-state index contributed by atoms with van der Waals surface area (Å²) in [6.07, 6.45) is -0.370. The van der Waals surface area contributed by atoms with Crippen molar-refractivity contribution in [2.45, 2.75) is 38.6 Å². The van der Waals surface area contributed by atoms with Crippen LogP contribution in [0.15, 0.2) is 20.9 Å². The molecule has 1 amide bonds. The molecule has 1 saturated heterocycles. The van der Waals surface area contributed by atoms with Crippen LogP contribution in [0.25, 0.3) is 10.4 Å². The zero-order chi connectivity index (χ0) is 20.2. The smallest absolute Gasteiger partial charge is 0.359 e. The first-order valence-corrected chi connectivity index (χ1v) is 9.47. The number of aromatic nitrogens is 2. The molecule has 2 rings (SSSR count). The Kier molecular flexibility index (Phi) is 6.58. The molecule has 1 fully saturated rings. The van der Waals surface area contributed by atoms with Crippen LogP contribution in [0.3, 0.4) is 0 Å². The molecule has 0 radical (unpaired) electrons. The Labute approximate surface area is 152 Å². The lowest BCUT2D eigenvalue weighted by atomic mass is 10.1. The first-order valence-electron chi connectivity index (χ1n) is 7.92. The molecule has 0 aromatic carbocycles. The summed E-state index contributed by atoms with van der Waals surface area (Å²) in [7, 11) is -4.20. The summed E-state index contributed by atoms with van der Waals surface area (Å²) >= 11 is 0. The number of ether oxygens (including phenoxy) is 1. The summed E-state index contributed by atoms with van der Waals surface area (Å²) in [5, 5.41) is 3.58. The summed E-state index contributed by atoms with van der Waals surface area (Å²) < 4.78 is 28.9. The lowest BCUT2D eigenvalue weighted by Crippen LogP contribution is -2.33. The van der Waals surface area contributed by atoms with Gasteiger partial charge in [0.25, 0.3) is 5.56 Å². The Morgan fingerprint density at radius 2 is 2.26 bits per heavy atom. The van der Waals surface area contributed by atoms with Gasteiger partial charge in [-0.3, -0.25) is 23.7 Å². The van der Waals surface area contributed by atoms with Crippen LogP contribution in [0.1, 0.15) is 25.1 Å². The van der Waals surface area contributed by atoms with Crippen LogP contribution in [-0.4, -0.2) is 40.6 Å². The molecule has 14 heteroatoms. The largest absolute Gasteiger partial charge is 0.418 e. The summed E-state index contributed by atoms with van der Waals surface area (Å²) in [5.74, 6) is 0. The molecule has 1 aromatic heterocycles. The third-order valence-electron chi connectivity index (χ3n) is 3.84. The van der Waals surface area contributed by atoms with Gasteiger partial charge in [0.15, 0.2) is 0 Å². The molecule has 0 aliphatic carbocycles. The lowest BCUT2D eigenvalue weighted by Gasteiger charge is -2.19. The molecule has 13 nitrogen and oxygen atoms in total. The van der Waals surface area contributed by atoms with E-state index in [0.717, 1.165) is 4.57 Å². The number of hydrogen-bond acceptors (Lipinski definition) is 8. The van der Waals surface area contributed by atoms with E-state index in [2.05, 4.69) is 15.0 Å². The normalized spacial score (nSPS) is 24.1. The molecule has 148 valence electrons. The van der Waals surface area contributed by atoms with E-state index in [1.807, 2.05) is 0 Å². The second-order valence-electron chi connectivity index (χ2n) is 5.67. The third kappa shape index (κ3) is 4.65. The van der Waals surface area contributed by atoms with Crippen molar-refractivity contribution >= 4 is 13.2 Å². The van der Waals surface area contributed by atoms with Gasteiger partial charge in [-0.15, -0.1) is 0 Å². The van der Waals surface area contributed by atoms with Gasteiger partial charge >= 0.3 is 18.9 Å². The first-order chi connectivity index (χ1) is 12.7. The highest BCUT2D eigenvalue weighted by molar-refractivity contribution is 7.71. The van der Waals surface area contributed by atoms with Gasteiger partial charge in [0.1, 0.15) is 6.23 Å². The molecule has 0 saturated carbocycles. The number of aromatic amines is 1. The summed E-state index contributed by atoms with van der Waals surface area (Å²) in [6, 6.07) is -0.776. The van der Waals surface area contributed by atoms with Crippen molar-refractivity contribution in [3.63, 3.8) is 0 Å². The van der Waals surface area contributed by atoms with Gasteiger partial charge in [-0.1, -0.05) is 5.11 Å². The fraction of sp³-hybridized carbons (Fsp3) is 0.615. The molecule has 4 unspecified atom stereocenters. The van der Waals surface area contributed by atoms with E-state index in [0.29, 0.717) is 0 Å². The monoisotopic (exact) mass is 402 g/mol. The third-order valence-corrected chi connectivity index (χ3v) is 5.46. The summed E-state index contributed by atoms with van der Waals surface area (Å²) in [4.78, 5) is 39.7. The van der Waals surface area contributed by atoms with E-state index in [1.54, 1.807) is 0 Å². The zero-order valence-corrected chi connectivity index (χ0v) is 15.5. The van der Waals surface area contributed by atoms with Gasteiger partial charge in [0.05, 0.1) is 25.4 Å². The fourth-order valence-corrected chi connectivity index (χ4v) is 3.54. The quantitative estimate of drug-likeness (QED) is 0.282. The number of amides is 1. The van der Waals surface area contributed by atoms with Gasteiger partial charge in [0.2, 0.25) is 0 Å². The van der Waals surface area contributed by atoms with Crippen molar-refractivity contribution in [2.24, 2.45) is 10.8 Å². The fourth-order valence-electron chi connectivity index (χ4n) is 2.53. The van der Waals surface area contributed by atoms with Crippen LogP contribution in [-0.2, 0) is 18.3 Å². The SMILES string of the molecule is CCOP(=O)(OCC1OC(n2cc(C)c(=O)[nH]c2=O)CC1N=[N+]=[N-])C(N)=O. The van der Waals surface area contributed by atoms with E-state index in [4.69, 9.17) is 25.0 Å². The number of carbonyl (C=O) groups excluding carboxylic acids is 1. The maximum Gasteiger partial charge on any atom is 0.418 e. The van der Waals surface area contributed by atoms with E-state index in [9.17, 15) is 18.9 Å². The second kappa shape index (κ2) is 8.51.